The first-order chi connectivity index (χ1) is 9.55. The van der Waals surface area contributed by atoms with Crippen LogP contribution in [0.15, 0.2) is 18.2 Å². The first-order valence-electron chi connectivity index (χ1n) is 6.57. The lowest BCUT2D eigenvalue weighted by atomic mass is 9.88. The molecule has 1 aromatic rings. The molecule has 2 amide bonds. The Bertz CT molecular complexity index is 493. The predicted molar refractivity (Wildman–Crippen MR) is 76.0 cm³/mol. The lowest BCUT2D eigenvalue weighted by Crippen LogP contribution is -2.50. The van der Waals surface area contributed by atoms with Gasteiger partial charge in [0.2, 0.25) is 0 Å². The highest BCUT2D eigenvalue weighted by Crippen LogP contribution is 2.33. The molecule has 6 nitrogen and oxygen atoms in total. The Hall–Kier alpha value is -1.95. The van der Waals surface area contributed by atoms with Gasteiger partial charge in [0.25, 0.3) is 0 Å². The van der Waals surface area contributed by atoms with E-state index in [4.69, 9.17) is 20.9 Å². The quantitative estimate of drug-likeness (QED) is 0.860. The van der Waals surface area contributed by atoms with Crippen molar-refractivity contribution in [3.63, 3.8) is 0 Å². The zero-order chi connectivity index (χ0) is 14.7. The Balaban J connectivity index is 2.23. The summed E-state index contributed by atoms with van der Waals surface area (Å²) in [6.07, 6.45) is 0.819. The minimum atomic E-state index is -0.425. The SMILES string of the molecule is COc1ccc(C2CC(N)CN(C(N)=O)C2)cc1OC. The fraction of sp³-hybridized carbons (Fsp3) is 0.500. The molecule has 2 unspecified atom stereocenters. The third-order valence-corrected chi connectivity index (χ3v) is 3.67. The van der Waals surface area contributed by atoms with Crippen LogP contribution in [0.1, 0.15) is 17.9 Å². The second kappa shape index (κ2) is 6.00. The highest BCUT2D eigenvalue weighted by Gasteiger charge is 2.28. The Labute approximate surface area is 118 Å². The summed E-state index contributed by atoms with van der Waals surface area (Å²) in [6, 6.07) is 5.28. The summed E-state index contributed by atoms with van der Waals surface area (Å²) in [5.74, 6) is 1.52. The van der Waals surface area contributed by atoms with E-state index < -0.39 is 6.03 Å². The molecule has 0 aliphatic carbocycles. The molecule has 1 heterocycles. The number of hydrogen-bond acceptors (Lipinski definition) is 4. The predicted octanol–water partition coefficient (Wildman–Crippen LogP) is 0.899. The van der Waals surface area contributed by atoms with Gasteiger partial charge in [-0.15, -0.1) is 0 Å². The van der Waals surface area contributed by atoms with Gasteiger partial charge < -0.3 is 25.8 Å². The number of amides is 2. The monoisotopic (exact) mass is 279 g/mol. The summed E-state index contributed by atoms with van der Waals surface area (Å²) in [5, 5.41) is 0. The molecular weight excluding hydrogens is 258 g/mol. The van der Waals surface area contributed by atoms with E-state index in [-0.39, 0.29) is 12.0 Å². The van der Waals surface area contributed by atoms with E-state index >= 15 is 0 Å². The van der Waals surface area contributed by atoms with Crippen LogP contribution in [0.3, 0.4) is 0 Å². The Kier molecular flexibility index (Phi) is 4.34. The van der Waals surface area contributed by atoms with Crippen molar-refractivity contribution in [2.75, 3.05) is 27.3 Å². The molecule has 1 aromatic carbocycles. The van der Waals surface area contributed by atoms with Crippen molar-refractivity contribution in [1.82, 2.24) is 4.90 Å². The van der Waals surface area contributed by atoms with E-state index in [1.54, 1.807) is 19.1 Å². The van der Waals surface area contributed by atoms with Gasteiger partial charge in [-0.1, -0.05) is 6.07 Å². The number of likely N-dealkylation sites (tertiary alicyclic amines) is 1. The number of nitrogens with two attached hydrogens (primary N) is 2. The lowest BCUT2D eigenvalue weighted by Gasteiger charge is -2.35. The van der Waals surface area contributed by atoms with E-state index in [0.717, 1.165) is 12.0 Å². The van der Waals surface area contributed by atoms with E-state index in [2.05, 4.69) is 0 Å². The van der Waals surface area contributed by atoms with Gasteiger partial charge in [0, 0.05) is 25.0 Å². The average Bonchev–Trinajstić information content (AvgIpc) is 2.45. The van der Waals surface area contributed by atoms with E-state index in [0.29, 0.717) is 24.6 Å². The first-order valence-corrected chi connectivity index (χ1v) is 6.57. The molecule has 1 saturated heterocycles. The van der Waals surface area contributed by atoms with Gasteiger partial charge >= 0.3 is 6.03 Å². The number of nitrogens with zero attached hydrogens (tertiary/aromatic N) is 1. The van der Waals surface area contributed by atoms with Crippen LogP contribution in [0.2, 0.25) is 0 Å². The molecule has 2 atom stereocenters. The molecule has 0 spiro atoms. The Morgan fingerprint density at radius 1 is 1.25 bits per heavy atom. The second-order valence-electron chi connectivity index (χ2n) is 5.05. The van der Waals surface area contributed by atoms with Crippen LogP contribution in [0, 0.1) is 0 Å². The van der Waals surface area contributed by atoms with Crippen LogP contribution < -0.4 is 20.9 Å². The van der Waals surface area contributed by atoms with Crippen molar-refractivity contribution < 1.29 is 14.3 Å². The summed E-state index contributed by atoms with van der Waals surface area (Å²) < 4.78 is 10.5. The highest BCUT2D eigenvalue weighted by molar-refractivity contribution is 5.72. The summed E-state index contributed by atoms with van der Waals surface area (Å²) in [4.78, 5) is 12.9. The zero-order valence-electron chi connectivity index (χ0n) is 11.8. The maximum atomic E-state index is 11.3. The number of carbonyl (C=O) groups excluding carboxylic acids is 1. The topological polar surface area (TPSA) is 90.8 Å². The van der Waals surface area contributed by atoms with E-state index in [9.17, 15) is 4.79 Å². The van der Waals surface area contributed by atoms with Gasteiger partial charge in [0.1, 0.15) is 0 Å². The fourth-order valence-electron chi connectivity index (χ4n) is 2.67. The molecule has 0 aromatic heterocycles. The largest absolute Gasteiger partial charge is 0.493 e. The number of methoxy groups -OCH3 is 2. The standard InChI is InChI=1S/C14H21N3O3/c1-19-12-4-3-9(6-13(12)20-2)10-5-11(15)8-17(7-10)14(16)18/h3-4,6,10-11H,5,7-8,15H2,1-2H3,(H2,16,18). The number of rotatable bonds is 3. The molecule has 4 N–H and O–H groups in total. The van der Waals surface area contributed by atoms with Gasteiger partial charge in [0.05, 0.1) is 14.2 Å². The van der Waals surface area contributed by atoms with Crippen LogP contribution >= 0.6 is 0 Å². The Morgan fingerprint density at radius 3 is 2.55 bits per heavy atom. The molecule has 0 saturated carbocycles. The zero-order valence-corrected chi connectivity index (χ0v) is 11.8. The van der Waals surface area contributed by atoms with Gasteiger partial charge in [-0.05, 0) is 24.1 Å². The van der Waals surface area contributed by atoms with Crippen LogP contribution in [-0.2, 0) is 0 Å². The number of primary amides is 1. The highest BCUT2D eigenvalue weighted by atomic mass is 16.5. The molecule has 20 heavy (non-hydrogen) atoms. The average molecular weight is 279 g/mol. The van der Waals surface area contributed by atoms with Crippen molar-refractivity contribution >= 4 is 6.03 Å². The molecule has 6 heteroatoms. The molecule has 110 valence electrons. The van der Waals surface area contributed by atoms with Crippen molar-refractivity contribution in [2.24, 2.45) is 11.5 Å². The van der Waals surface area contributed by atoms with E-state index in [1.807, 2.05) is 18.2 Å². The summed E-state index contributed by atoms with van der Waals surface area (Å²) in [7, 11) is 3.20. The third-order valence-electron chi connectivity index (χ3n) is 3.67. The number of piperidine rings is 1. The van der Waals surface area contributed by atoms with Gasteiger partial charge in [-0.2, -0.15) is 0 Å². The maximum absolute atomic E-state index is 11.3. The summed E-state index contributed by atoms with van der Waals surface area (Å²) in [5.41, 5.74) is 12.4. The van der Waals surface area contributed by atoms with Crippen LogP contribution in [0.4, 0.5) is 4.79 Å². The van der Waals surface area contributed by atoms with Crippen LogP contribution in [-0.4, -0.2) is 44.3 Å². The van der Waals surface area contributed by atoms with E-state index in [1.165, 1.54) is 0 Å². The van der Waals surface area contributed by atoms with Crippen molar-refractivity contribution in [2.45, 2.75) is 18.4 Å². The molecule has 0 radical (unpaired) electrons. The van der Waals surface area contributed by atoms with Gasteiger partial charge in [-0.3, -0.25) is 0 Å². The number of benzene rings is 1. The van der Waals surface area contributed by atoms with Crippen molar-refractivity contribution in [1.29, 1.82) is 0 Å². The minimum Gasteiger partial charge on any atom is -0.493 e. The molecule has 1 fully saturated rings. The first kappa shape index (κ1) is 14.5. The van der Waals surface area contributed by atoms with Crippen molar-refractivity contribution in [3.05, 3.63) is 23.8 Å². The van der Waals surface area contributed by atoms with Crippen molar-refractivity contribution in [3.8, 4) is 11.5 Å². The molecule has 0 bridgehead atoms. The normalized spacial score (nSPS) is 22.4. The summed E-state index contributed by atoms with van der Waals surface area (Å²) in [6.45, 7) is 1.09. The third kappa shape index (κ3) is 2.96. The molecule has 2 rings (SSSR count). The van der Waals surface area contributed by atoms with Crippen LogP contribution in [0.25, 0.3) is 0 Å². The Morgan fingerprint density at radius 2 is 1.95 bits per heavy atom. The lowest BCUT2D eigenvalue weighted by molar-refractivity contribution is 0.180. The fourth-order valence-corrected chi connectivity index (χ4v) is 2.67. The second-order valence-corrected chi connectivity index (χ2v) is 5.05. The maximum Gasteiger partial charge on any atom is 0.314 e. The molecular formula is C14H21N3O3. The van der Waals surface area contributed by atoms with Gasteiger partial charge in [0.15, 0.2) is 11.5 Å². The number of carbonyl (C=O) groups is 1. The summed E-state index contributed by atoms with van der Waals surface area (Å²) >= 11 is 0. The number of ether oxygens (including phenoxy) is 2. The van der Waals surface area contributed by atoms with Gasteiger partial charge in [-0.25, -0.2) is 4.79 Å². The number of urea groups is 1. The van der Waals surface area contributed by atoms with Crippen LogP contribution in [0.5, 0.6) is 11.5 Å². The number of hydrogen-bond donors (Lipinski definition) is 2. The molecule has 1 aliphatic heterocycles. The molecule has 1 aliphatic rings. The smallest absolute Gasteiger partial charge is 0.314 e. The minimum absolute atomic E-state index is 0.0608.